The van der Waals surface area contributed by atoms with Crippen LogP contribution in [0.1, 0.15) is 47.5 Å². The van der Waals surface area contributed by atoms with Crippen LogP contribution in [0, 0.1) is 11.3 Å². The van der Waals surface area contributed by atoms with Gasteiger partial charge in [-0.05, 0) is 39.9 Å². The van der Waals surface area contributed by atoms with Crippen LogP contribution in [-0.4, -0.2) is 45.7 Å². The largest absolute Gasteiger partial charge is 0.466 e. The minimum absolute atomic E-state index is 0.0875. The number of carbonyl (C=O) groups excluding carboxylic acids is 3. The summed E-state index contributed by atoms with van der Waals surface area (Å²) >= 11 is 0. The van der Waals surface area contributed by atoms with Gasteiger partial charge in [0.15, 0.2) is 14.6 Å². The molecular weight excluding hydrogens is 356 g/mol. The molecule has 152 valence electrons. The van der Waals surface area contributed by atoms with E-state index < -0.39 is 43.8 Å². The fourth-order valence-electron chi connectivity index (χ4n) is 2.47. The van der Waals surface area contributed by atoms with E-state index in [1.807, 2.05) is 33.5 Å². The number of ether oxygens (including phenoxy) is 3. The topological polar surface area (TPSA) is 88.1 Å². The molecule has 0 N–H and O–H groups in total. The Balaban J connectivity index is 5.43. The first-order valence-corrected chi connectivity index (χ1v) is 12.4. The molecule has 26 heavy (non-hydrogen) atoms. The highest BCUT2D eigenvalue weighted by molar-refractivity contribution is 6.69. The van der Waals surface area contributed by atoms with Gasteiger partial charge in [0.25, 0.3) is 0 Å². The third-order valence-corrected chi connectivity index (χ3v) is 4.40. The first-order valence-electron chi connectivity index (χ1n) is 8.99. The summed E-state index contributed by atoms with van der Waals surface area (Å²) in [5.41, 5.74) is -0.699. The summed E-state index contributed by atoms with van der Waals surface area (Å²) in [5, 5.41) is 0. The maximum Gasteiger partial charge on any atom is 0.309 e. The zero-order chi connectivity index (χ0) is 20.5. The summed E-state index contributed by atoms with van der Waals surface area (Å²) in [7, 11) is -2.02. The monoisotopic (exact) mass is 390 g/mol. The lowest BCUT2D eigenvalue weighted by molar-refractivity contribution is -0.185. The van der Waals surface area contributed by atoms with Crippen LogP contribution in [0.4, 0.5) is 0 Å². The molecule has 0 aromatic carbocycles. The van der Waals surface area contributed by atoms with E-state index in [0.717, 1.165) is 0 Å². The van der Waals surface area contributed by atoms with E-state index in [4.69, 9.17) is 18.6 Å². The Hall–Kier alpha value is -1.41. The molecule has 2 atom stereocenters. The Labute approximate surface area is 157 Å². The van der Waals surface area contributed by atoms with Crippen molar-refractivity contribution in [3.63, 3.8) is 0 Å². The lowest BCUT2D eigenvalue weighted by atomic mass is 9.80. The van der Waals surface area contributed by atoms with Crippen LogP contribution in [0.25, 0.3) is 0 Å². The maximum absolute atomic E-state index is 12.3. The summed E-state index contributed by atoms with van der Waals surface area (Å²) in [6, 6.07) is 0. The molecule has 8 heteroatoms. The number of hydrogen-bond acceptors (Lipinski definition) is 7. The lowest BCUT2D eigenvalue weighted by Crippen LogP contribution is -2.45. The summed E-state index contributed by atoms with van der Waals surface area (Å²) in [6.45, 7) is 14.8. The third-order valence-electron chi connectivity index (χ3n) is 3.48. The zero-order valence-electron chi connectivity index (χ0n) is 17.3. The van der Waals surface area contributed by atoms with Crippen LogP contribution >= 0.6 is 0 Å². The molecule has 0 aliphatic heterocycles. The molecule has 2 unspecified atom stereocenters. The molecule has 0 spiro atoms. The predicted octanol–water partition coefficient (Wildman–Crippen LogP) is 3.28. The molecule has 0 saturated heterocycles. The fourth-order valence-corrected chi connectivity index (χ4v) is 3.48. The van der Waals surface area contributed by atoms with Crippen LogP contribution in [0.15, 0.2) is 0 Å². The Bertz CT molecular complexity index is 482. The highest BCUT2D eigenvalue weighted by Gasteiger charge is 2.41. The van der Waals surface area contributed by atoms with Gasteiger partial charge >= 0.3 is 17.9 Å². The van der Waals surface area contributed by atoms with Gasteiger partial charge in [-0.1, -0.05) is 13.8 Å². The average molecular weight is 391 g/mol. The van der Waals surface area contributed by atoms with Crippen LogP contribution in [0.2, 0.25) is 19.6 Å². The summed E-state index contributed by atoms with van der Waals surface area (Å²) in [6.07, 6.45) is -0.645. The Morgan fingerprint density at radius 1 is 1.00 bits per heavy atom. The van der Waals surface area contributed by atoms with Crippen molar-refractivity contribution in [2.75, 3.05) is 13.2 Å². The zero-order valence-corrected chi connectivity index (χ0v) is 18.3. The fraction of sp³-hybridized carbons (Fsp3) is 0.833. The third kappa shape index (κ3) is 9.91. The van der Waals surface area contributed by atoms with Gasteiger partial charge in [0.1, 0.15) is 0 Å². The SMILES string of the molecule is CCOC(=O)CC(CC(C)(C)C(OC(C)=O)O[Si](C)(C)C)C(=O)OCC. The minimum Gasteiger partial charge on any atom is -0.466 e. The van der Waals surface area contributed by atoms with Gasteiger partial charge in [-0.25, -0.2) is 0 Å². The Kier molecular flexibility index (Phi) is 10.1. The van der Waals surface area contributed by atoms with Gasteiger partial charge in [0.2, 0.25) is 0 Å². The summed E-state index contributed by atoms with van der Waals surface area (Å²) in [5.74, 6) is -2.09. The molecule has 0 aliphatic rings. The molecule has 0 aromatic rings. The molecule has 0 fully saturated rings. The van der Waals surface area contributed by atoms with Crippen molar-refractivity contribution >= 4 is 26.2 Å². The average Bonchev–Trinajstić information content (AvgIpc) is 2.44. The first-order chi connectivity index (χ1) is 11.8. The quantitative estimate of drug-likeness (QED) is 0.231. The van der Waals surface area contributed by atoms with Crippen molar-refractivity contribution < 1.29 is 33.0 Å². The molecule has 0 saturated carbocycles. The van der Waals surface area contributed by atoms with Crippen LogP contribution in [-0.2, 0) is 33.0 Å². The molecule has 0 heterocycles. The van der Waals surface area contributed by atoms with Gasteiger partial charge in [-0.3, -0.25) is 14.4 Å². The van der Waals surface area contributed by atoms with Crippen molar-refractivity contribution in [2.24, 2.45) is 11.3 Å². The van der Waals surface area contributed by atoms with Crippen molar-refractivity contribution in [1.82, 2.24) is 0 Å². The second kappa shape index (κ2) is 10.7. The van der Waals surface area contributed by atoms with Gasteiger partial charge in [0, 0.05) is 12.3 Å². The van der Waals surface area contributed by atoms with Crippen molar-refractivity contribution in [3.8, 4) is 0 Å². The normalized spacial score (nSPS) is 14.3. The number of hydrogen-bond donors (Lipinski definition) is 0. The van der Waals surface area contributed by atoms with Crippen molar-refractivity contribution in [3.05, 3.63) is 0 Å². The molecule has 0 aliphatic carbocycles. The highest BCUT2D eigenvalue weighted by Crippen LogP contribution is 2.35. The van der Waals surface area contributed by atoms with E-state index in [1.54, 1.807) is 13.8 Å². The van der Waals surface area contributed by atoms with E-state index in [-0.39, 0.29) is 26.1 Å². The molecule has 0 radical (unpaired) electrons. The van der Waals surface area contributed by atoms with Crippen LogP contribution < -0.4 is 0 Å². The summed E-state index contributed by atoms with van der Waals surface area (Å²) in [4.78, 5) is 35.7. The molecule has 0 bridgehead atoms. The van der Waals surface area contributed by atoms with Crippen LogP contribution in [0.5, 0.6) is 0 Å². The standard InChI is InChI=1S/C18H34O7Si/c1-9-22-15(20)11-14(16(21)23-10-2)12-18(4,5)17(24-13(3)19)25-26(6,7)8/h14,17H,9-12H2,1-8H3. The number of esters is 3. The maximum atomic E-state index is 12.3. The van der Waals surface area contributed by atoms with E-state index in [2.05, 4.69) is 0 Å². The Morgan fingerprint density at radius 2 is 1.54 bits per heavy atom. The molecule has 0 aromatic heterocycles. The number of carbonyl (C=O) groups is 3. The van der Waals surface area contributed by atoms with E-state index in [0.29, 0.717) is 0 Å². The molecular formula is C18H34O7Si. The smallest absolute Gasteiger partial charge is 0.309 e. The van der Waals surface area contributed by atoms with E-state index in [9.17, 15) is 14.4 Å². The van der Waals surface area contributed by atoms with Crippen molar-refractivity contribution in [2.45, 2.75) is 73.4 Å². The predicted molar refractivity (Wildman–Crippen MR) is 99.8 cm³/mol. The van der Waals surface area contributed by atoms with Crippen molar-refractivity contribution in [1.29, 1.82) is 0 Å². The van der Waals surface area contributed by atoms with E-state index >= 15 is 0 Å². The second-order valence-electron chi connectivity index (χ2n) is 7.82. The summed E-state index contributed by atoms with van der Waals surface area (Å²) < 4.78 is 21.5. The first kappa shape index (κ1) is 24.6. The van der Waals surface area contributed by atoms with Gasteiger partial charge in [0.05, 0.1) is 25.6 Å². The van der Waals surface area contributed by atoms with Gasteiger partial charge in [-0.2, -0.15) is 0 Å². The van der Waals surface area contributed by atoms with E-state index in [1.165, 1.54) is 6.92 Å². The lowest BCUT2D eigenvalue weighted by Gasteiger charge is -2.38. The molecule has 0 amide bonds. The minimum atomic E-state index is -2.02. The van der Waals surface area contributed by atoms with Gasteiger partial charge < -0.3 is 18.6 Å². The number of rotatable bonds is 11. The highest BCUT2D eigenvalue weighted by atomic mass is 28.4. The van der Waals surface area contributed by atoms with Crippen LogP contribution in [0.3, 0.4) is 0 Å². The molecule has 7 nitrogen and oxygen atoms in total. The second-order valence-corrected chi connectivity index (χ2v) is 12.3. The Morgan fingerprint density at radius 3 is 1.96 bits per heavy atom. The van der Waals surface area contributed by atoms with Gasteiger partial charge in [-0.15, -0.1) is 0 Å². The molecule has 0 rings (SSSR count).